The topological polar surface area (TPSA) is 101 Å². The van der Waals surface area contributed by atoms with Crippen LogP contribution in [0.3, 0.4) is 0 Å². The maximum absolute atomic E-state index is 12.9. The lowest BCUT2D eigenvalue weighted by Gasteiger charge is -2.27. The molecule has 1 aliphatic carbocycles. The molecule has 5 atom stereocenters. The molecule has 1 aromatic rings. The van der Waals surface area contributed by atoms with Gasteiger partial charge in [0.25, 0.3) is 0 Å². The lowest BCUT2D eigenvalue weighted by Crippen LogP contribution is -2.36. The lowest BCUT2D eigenvalue weighted by molar-refractivity contribution is -0.130. The first-order valence-corrected chi connectivity index (χ1v) is 11.8. The zero-order valence-electron chi connectivity index (χ0n) is 19.3. The fraction of sp³-hybridized carbons (Fsp3) is 0.818. The van der Waals surface area contributed by atoms with E-state index in [0.29, 0.717) is 49.9 Å². The number of rotatable bonds is 6. The number of ether oxygens (including phenoxy) is 1. The number of amides is 3. The third-order valence-corrected chi connectivity index (χ3v) is 6.92. The van der Waals surface area contributed by atoms with E-state index in [1.54, 1.807) is 14.9 Å². The Balaban J connectivity index is 1.19. The Bertz CT molecular complexity index is 870. The van der Waals surface area contributed by atoms with Gasteiger partial charge < -0.3 is 19.0 Å². The van der Waals surface area contributed by atoms with Crippen LogP contribution in [0.15, 0.2) is 4.42 Å². The number of carbonyl (C=O) groups is 2. The van der Waals surface area contributed by atoms with Gasteiger partial charge in [0.05, 0.1) is 12.6 Å². The number of hydrogen-bond donors (Lipinski definition) is 0. The fourth-order valence-corrected chi connectivity index (χ4v) is 5.25. The molecule has 1 saturated carbocycles. The van der Waals surface area contributed by atoms with Crippen molar-refractivity contribution in [3.8, 4) is 0 Å². The molecule has 0 unspecified atom stereocenters. The largest absolute Gasteiger partial charge is 0.444 e. The van der Waals surface area contributed by atoms with E-state index in [9.17, 15) is 9.59 Å². The van der Waals surface area contributed by atoms with Gasteiger partial charge in [-0.25, -0.2) is 9.59 Å². The minimum Gasteiger partial charge on any atom is -0.444 e. The van der Waals surface area contributed by atoms with E-state index in [2.05, 4.69) is 17.1 Å². The predicted molar refractivity (Wildman–Crippen MR) is 112 cm³/mol. The van der Waals surface area contributed by atoms with Crippen LogP contribution in [0.4, 0.5) is 9.59 Å². The summed E-state index contributed by atoms with van der Waals surface area (Å²) in [6, 6.07) is -0.208. The zero-order valence-corrected chi connectivity index (χ0v) is 19.3. The Morgan fingerprint density at radius 2 is 1.84 bits per heavy atom. The summed E-state index contributed by atoms with van der Waals surface area (Å²) in [5, 5.41) is 10.2. The highest BCUT2D eigenvalue weighted by atomic mass is 16.7. The number of likely N-dealkylation sites (tertiary alicyclic amines) is 1. The molecule has 10 nitrogen and oxygen atoms in total. The summed E-state index contributed by atoms with van der Waals surface area (Å²) in [7, 11) is 0. The van der Waals surface area contributed by atoms with Crippen LogP contribution in [0.5, 0.6) is 0 Å². The molecule has 3 saturated heterocycles. The van der Waals surface area contributed by atoms with Crippen molar-refractivity contribution in [2.75, 3.05) is 26.2 Å². The van der Waals surface area contributed by atoms with Crippen LogP contribution in [0.25, 0.3) is 0 Å². The molecule has 32 heavy (non-hydrogen) atoms. The van der Waals surface area contributed by atoms with E-state index in [-0.39, 0.29) is 30.1 Å². The molecule has 0 aromatic carbocycles. The van der Waals surface area contributed by atoms with Crippen molar-refractivity contribution in [2.45, 2.75) is 77.0 Å². The summed E-state index contributed by atoms with van der Waals surface area (Å²) in [6.45, 7) is 10.2. The second-order valence-corrected chi connectivity index (χ2v) is 10.4. The molecule has 0 radical (unpaired) electrons. The molecule has 0 spiro atoms. The fourth-order valence-electron chi connectivity index (χ4n) is 5.25. The average Bonchev–Trinajstić information content (AvgIpc) is 3.11. The van der Waals surface area contributed by atoms with Gasteiger partial charge in [0.1, 0.15) is 11.6 Å². The van der Waals surface area contributed by atoms with Crippen molar-refractivity contribution in [3.05, 3.63) is 11.8 Å². The van der Waals surface area contributed by atoms with Crippen molar-refractivity contribution in [1.29, 1.82) is 0 Å². The number of fused-ring (bicyclic) bond motifs is 3. The van der Waals surface area contributed by atoms with E-state index < -0.39 is 5.60 Å². The van der Waals surface area contributed by atoms with E-state index in [4.69, 9.17) is 14.0 Å². The first kappa shape index (κ1) is 21.5. The van der Waals surface area contributed by atoms with Gasteiger partial charge in [0.15, 0.2) is 0 Å². The minimum absolute atomic E-state index is 0.0969. The van der Waals surface area contributed by atoms with Crippen LogP contribution >= 0.6 is 0 Å². The van der Waals surface area contributed by atoms with Gasteiger partial charge in [-0.05, 0) is 51.9 Å². The van der Waals surface area contributed by atoms with Crippen LogP contribution in [0.1, 0.15) is 77.1 Å². The normalized spacial score (nSPS) is 31.3. The molecular weight excluding hydrogens is 414 g/mol. The maximum Gasteiger partial charge on any atom is 0.410 e. The van der Waals surface area contributed by atoms with Crippen LogP contribution in [-0.2, 0) is 9.57 Å². The monoisotopic (exact) mass is 447 g/mol. The Labute approximate surface area is 188 Å². The van der Waals surface area contributed by atoms with E-state index in [1.165, 1.54) is 0 Å². The molecule has 3 aliphatic heterocycles. The predicted octanol–water partition coefficient (Wildman–Crippen LogP) is 3.32. The number of hydrogen-bond acceptors (Lipinski definition) is 7. The molecule has 3 amide bonds. The molecule has 4 heterocycles. The van der Waals surface area contributed by atoms with Gasteiger partial charge >= 0.3 is 12.1 Å². The highest BCUT2D eigenvalue weighted by molar-refractivity contribution is 5.77. The van der Waals surface area contributed by atoms with Gasteiger partial charge in [-0.15, -0.1) is 10.2 Å². The summed E-state index contributed by atoms with van der Waals surface area (Å²) in [4.78, 5) is 34.5. The first-order chi connectivity index (χ1) is 15.3. The molecule has 0 N–H and O–H groups in total. The molecular formula is C22H33N5O5. The van der Waals surface area contributed by atoms with E-state index in [1.807, 2.05) is 20.8 Å². The Kier molecular flexibility index (Phi) is 5.30. The summed E-state index contributed by atoms with van der Waals surface area (Å²) in [5.74, 6) is 2.00. The first-order valence-electron chi connectivity index (χ1n) is 11.8. The quantitative estimate of drug-likeness (QED) is 0.617. The molecule has 1 aromatic heterocycles. The highest BCUT2D eigenvalue weighted by Gasteiger charge is 2.60. The summed E-state index contributed by atoms with van der Waals surface area (Å²) in [5.41, 5.74) is -0.493. The number of carbonyl (C=O) groups excluding carboxylic acids is 2. The van der Waals surface area contributed by atoms with E-state index in [0.717, 1.165) is 25.7 Å². The number of nitrogens with zero attached hydrogens (tertiary/aromatic N) is 5. The number of aromatic nitrogens is 2. The smallest absolute Gasteiger partial charge is 0.410 e. The highest BCUT2D eigenvalue weighted by Crippen LogP contribution is 2.58. The Hall–Kier alpha value is -2.36. The molecule has 176 valence electrons. The SMILES string of the molecule is CCCCON1C(=O)N2C[C@@H]1CC[C@H]2c1nnc([C@H]2[C@@H]3CN(C(=O)OC(C)(C)C)C[C@@H]32)o1. The van der Waals surface area contributed by atoms with Crippen molar-refractivity contribution >= 4 is 12.1 Å². The van der Waals surface area contributed by atoms with Crippen LogP contribution in [-0.4, -0.2) is 75.1 Å². The number of urea groups is 1. The van der Waals surface area contributed by atoms with Crippen LogP contribution in [0.2, 0.25) is 0 Å². The molecule has 5 rings (SSSR count). The minimum atomic E-state index is -0.493. The summed E-state index contributed by atoms with van der Waals surface area (Å²) >= 11 is 0. The van der Waals surface area contributed by atoms with Crippen LogP contribution in [0, 0.1) is 11.8 Å². The van der Waals surface area contributed by atoms with Crippen molar-refractivity contribution in [1.82, 2.24) is 25.1 Å². The van der Waals surface area contributed by atoms with Gasteiger partial charge in [-0.2, -0.15) is 5.06 Å². The van der Waals surface area contributed by atoms with Crippen molar-refractivity contribution in [2.24, 2.45) is 11.8 Å². The summed E-state index contributed by atoms with van der Waals surface area (Å²) < 4.78 is 11.6. The lowest BCUT2D eigenvalue weighted by atomic mass is 10.0. The number of hydroxylamine groups is 2. The second-order valence-electron chi connectivity index (χ2n) is 10.4. The van der Waals surface area contributed by atoms with Gasteiger partial charge in [-0.3, -0.25) is 4.84 Å². The van der Waals surface area contributed by atoms with Crippen LogP contribution < -0.4 is 0 Å². The Morgan fingerprint density at radius 1 is 1.12 bits per heavy atom. The third kappa shape index (κ3) is 3.82. The van der Waals surface area contributed by atoms with Gasteiger partial charge in [0, 0.05) is 25.6 Å². The van der Waals surface area contributed by atoms with E-state index >= 15 is 0 Å². The zero-order chi connectivity index (χ0) is 22.6. The molecule has 10 heteroatoms. The maximum atomic E-state index is 12.9. The molecule has 4 fully saturated rings. The van der Waals surface area contributed by atoms with Crippen molar-refractivity contribution in [3.63, 3.8) is 0 Å². The van der Waals surface area contributed by atoms with Gasteiger partial charge in [-0.1, -0.05) is 13.3 Å². The van der Waals surface area contributed by atoms with Crippen molar-refractivity contribution < 1.29 is 23.6 Å². The molecule has 2 bridgehead atoms. The third-order valence-electron chi connectivity index (χ3n) is 6.92. The second kappa shape index (κ2) is 7.90. The summed E-state index contributed by atoms with van der Waals surface area (Å²) in [6.07, 6.45) is 3.35. The standard InChI is InChI=1S/C22H33N5O5/c1-5-6-9-30-27-13-7-8-16(26(10-13)20(27)28)18-23-24-19(31-18)17-14-11-25(12-15(14)17)21(29)32-22(2,3)4/h13-17H,5-12H2,1-4H3/t13-,14-,15+,16-,17+/m0/s1. The number of piperidine rings is 2. The molecule has 4 aliphatic rings. The Morgan fingerprint density at radius 3 is 2.53 bits per heavy atom. The van der Waals surface area contributed by atoms with Gasteiger partial charge in [0.2, 0.25) is 11.8 Å². The average molecular weight is 448 g/mol. The number of unbranched alkanes of at least 4 members (excludes halogenated alkanes) is 1.